The van der Waals surface area contributed by atoms with Crippen LogP contribution in [0.25, 0.3) is 0 Å². The van der Waals surface area contributed by atoms with Crippen molar-refractivity contribution in [2.24, 2.45) is 0 Å². The van der Waals surface area contributed by atoms with Gasteiger partial charge in [0.25, 0.3) is 0 Å². The summed E-state index contributed by atoms with van der Waals surface area (Å²) in [5.74, 6) is 0. The SMILES string of the molecule is On1cccc(Cl)c1=S. The molecule has 4 heteroatoms. The summed E-state index contributed by atoms with van der Waals surface area (Å²) in [5, 5.41) is 9.21. The largest absolute Gasteiger partial charge is 0.428 e. The van der Waals surface area contributed by atoms with Gasteiger partial charge in [0, 0.05) is 6.20 Å². The predicted molar refractivity (Wildman–Crippen MR) is 37.5 cm³/mol. The molecule has 0 unspecified atom stereocenters. The van der Waals surface area contributed by atoms with E-state index in [0.29, 0.717) is 5.02 Å². The molecule has 1 heterocycles. The normalized spacial score (nSPS) is 9.44. The molecule has 0 saturated heterocycles. The molecule has 0 aliphatic heterocycles. The van der Waals surface area contributed by atoms with Crippen LogP contribution in [0.3, 0.4) is 0 Å². The molecule has 0 bridgehead atoms. The van der Waals surface area contributed by atoms with Crippen LogP contribution in [0.4, 0.5) is 0 Å². The molecule has 0 amide bonds. The van der Waals surface area contributed by atoms with Crippen LogP contribution in [0.2, 0.25) is 5.02 Å². The average molecular weight is 162 g/mol. The van der Waals surface area contributed by atoms with E-state index in [-0.39, 0.29) is 4.64 Å². The fourth-order valence-electron chi connectivity index (χ4n) is 0.457. The molecule has 1 aromatic rings. The monoisotopic (exact) mass is 161 g/mol. The zero-order valence-electron chi connectivity index (χ0n) is 4.41. The highest BCUT2D eigenvalue weighted by atomic mass is 35.5. The van der Waals surface area contributed by atoms with Gasteiger partial charge in [-0.25, -0.2) is 0 Å². The first-order valence-corrected chi connectivity index (χ1v) is 3.07. The third kappa shape index (κ3) is 1.23. The Morgan fingerprint density at radius 2 is 2.33 bits per heavy atom. The summed E-state index contributed by atoms with van der Waals surface area (Å²) in [6, 6.07) is 3.23. The minimum Gasteiger partial charge on any atom is -0.428 e. The second kappa shape index (κ2) is 2.37. The highest BCUT2D eigenvalue weighted by molar-refractivity contribution is 7.71. The number of nitrogens with zero attached hydrogens (tertiary/aromatic N) is 1. The number of hydrogen-bond acceptors (Lipinski definition) is 2. The van der Waals surface area contributed by atoms with Gasteiger partial charge < -0.3 is 5.21 Å². The first-order valence-electron chi connectivity index (χ1n) is 2.28. The molecule has 0 radical (unpaired) electrons. The van der Waals surface area contributed by atoms with E-state index in [1.165, 1.54) is 6.20 Å². The fraction of sp³-hybridized carbons (Fsp3) is 0. The topological polar surface area (TPSA) is 25.2 Å². The summed E-state index contributed by atoms with van der Waals surface area (Å²) in [5.41, 5.74) is 0. The van der Waals surface area contributed by atoms with Gasteiger partial charge in [-0.2, -0.15) is 4.73 Å². The number of hydrogen-bond donors (Lipinski definition) is 1. The summed E-state index contributed by atoms with van der Waals surface area (Å²) in [6.45, 7) is 0. The Morgan fingerprint density at radius 3 is 2.78 bits per heavy atom. The molecule has 0 aromatic carbocycles. The molecule has 0 saturated carbocycles. The molecule has 1 rings (SSSR count). The maximum absolute atomic E-state index is 8.83. The van der Waals surface area contributed by atoms with E-state index in [1.807, 2.05) is 0 Å². The zero-order valence-corrected chi connectivity index (χ0v) is 5.99. The molecule has 0 atom stereocenters. The summed E-state index contributed by atoms with van der Waals surface area (Å²) in [7, 11) is 0. The Hall–Kier alpha value is -0.540. The highest BCUT2D eigenvalue weighted by Gasteiger charge is 1.90. The van der Waals surface area contributed by atoms with Gasteiger partial charge in [-0.3, -0.25) is 0 Å². The lowest BCUT2D eigenvalue weighted by Gasteiger charge is -1.94. The van der Waals surface area contributed by atoms with E-state index in [1.54, 1.807) is 12.1 Å². The van der Waals surface area contributed by atoms with E-state index < -0.39 is 0 Å². The fourth-order valence-corrected chi connectivity index (χ4v) is 0.746. The third-order valence-electron chi connectivity index (χ3n) is 0.882. The third-order valence-corrected chi connectivity index (χ3v) is 1.71. The van der Waals surface area contributed by atoms with Crippen LogP contribution < -0.4 is 0 Å². The van der Waals surface area contributed by atoms with Gasteiger partial charge in [0.1, 0.15) is 0 Å². The Balaban J connectivity index is 3.43. The zero-order chi connectivity index (χ0) is 6.85. The lowest BCUT2D eigenvalue weighted by molar-refractivity contribution is 0.180. The Morgan fingerprint density at radius 1 is 1.67 bits per heavy atom. The summed E-state index contributed by atoms with van der Waals surface area (Å²) in [6.07, 6.45) is 1.42. The highest BCUT2D eigenvalue weighted by Crippen LogP contribution is 2.07. The van der Waals surface area contributed by atoms with Gasteiger partial charge >= 0.3 is 0 Å². The van der Waals surface area contributed by atoms with E-state index in [9.17, 15) is 0 Å². The van der Waals surface area contributed by atoms with E-state index in [2.05, 4.69) is 12.2 Å². The Bertz CT molecular complexity index is 247. The van der Waals surface area contributed by atoms with Crippen LogP contribution in [0, 0.1) is 4.64 Å². The minimum absolute atomic E-state index is 0.235. The van der Waals surface area contributed by atoms with Crippen molar-refractivity contribution >= 4 is 23.8 Å². The molecule has 2 nitrogen and oxygen atoms in total. The molecule has 1 N–H and O–H groups in total. The number of aromatic nitrogens is 1. The van der Waals surface area contributed by atoms with Crippen LogP contribution in [0.15, 0.2) is 18.3 Å². The van der Waals surface area contributed by atoms with Crippen molar-refractivity contribution in [1.29, 1.82) is 0 Å². The smallest absolute Gasteiger partial charge is 0.160 e. The van der Waals surface area contributed by atoms with Crippen LogP contribution in [-0.2, 0) is 0 Å². The van der Waals surface area contributed by atoms with Crippen LogP contribution >= 0.6 is 23.8 Å². The number of pyridine rings is 1. The van der Waals surface area contributed by atoms with Crippen molar-refractivity contribution in [3.63, 3.8) is 0 Å². The van der Waals surface area contributed by atoms with Crippen molar-refractivity contribution in [1.82, 2.24) is 4.73 Å². The molecule has 9 heavy (non-hydrogen) atoms. The maximum atomic E-state index is 8.83. The van der Waals surface area contributed by atoms with Crippen molar-refractivity contribution in [2.75, 3.05) is 0 Å². The molecule has 48 valence electrons. The molecule has 0 aliphatic carbocycles. The number of halogens is 1. The lowest BCUT2D eigenvalue weighted by Crippen LogP contribution is -1.91. The lowest BCUT2D eigenvalue weighted by atomic mass is 10.5. The average Bonchev–Trinajstić information content (AvgIpc) is 1.83. The van der Waals surface area contributed by atoms with Crippen molar-refractivity contribution in [3.05, 3.63) is 28.0 Å². The quantitative estimate of drug-likeness (QED) is 0.466. The van der Waals surface area contributed by atoms with E-state index in [0.717, 1.165) is 4.73 Å². The van der Waals surface area contributed by atoms with Crippen LogP contribution in [-0.4, -0.2) is 9.94 Å². The second-order valence-corrected chi connectivity index (χ2v) is 2.30. The van der Waals surface area contributed by atoms with Crippen molar-refractivity contribution in [3.8, 4) is 0 Å². The molecular formula is C5H4ClNOS. The van der Waals surface area contributed by atoms with Gasteiger partial charge in [-0.15, -0.1) is 0 Å². The molecule has 0 fully saturated rings. The van der Waals surface area contributed by atoms with Gasteiger partial charge in [0.2, 0.25) is 0 Å². The van der Waals surface area contributed by atoms with Crippen LogP contribution in [0.1, 0.15) is 0 Å². The standard InChI is InChI=1S/C5H4ClNOS/c6-4-2-1-3-7(8)5(4)9/h1-3,8H. The number of rotatable bonds is 0. The first kappa shape index (κ1) is 6.58. The molecule has 1 aromatic heterocycles. The van der Waals surface area contributed by atoms with Gasteiger partial charge in [-0.1, -0.05) is 23.8 Å². The van der Waals surface area contributed by atoms with Gasteiger partial charge in [-0.05, 0) is 12.1 Å². The van der Waals surface area contributed by atoms with E-state index >= 15 is 0 Å². The maximum Gasteiger partial charge on any atom is 0.160 e. The predicted octanol–water partition coefficient (Wildman–Crippen LogP) is 2.11. The summed E-state index contributed by atoms with van der Waals surface area (Å²) >= 11 is 10.2. The Labute approximate surface area is 62.3 Å². The van der Waals surface area contributed by atoms with E-state index in [4.69, 9.17) is 16.8 Å². The molecule has 0 aliphatic rings. The van der Waals surface area contributed by atoms with Crippen LogP contribution in [0.5, 0.6) is 0 Å². The summed E-state index contributed by atoms with van der Waals surface area (Å²) in [4.78, 5) is 0. The first-order chi connectivity index (χ1) is 4.22. The minimum atomic E-state index is 0.235. The van der Waals surface area contributed by atoms with Crippen molar-refractivity contribution < 1.29 is 5.21 Å². The second-order valence-electron chi connectivity index (χ2n) is 1.51. The van der Waals surface area contributed by atoms with Gasteiger partial charge in [0.15, 0.2) is 4.64 Å². The molecular weight excluding hydrogens is 158 g/mol. The summed E-state index contributed by atoms with van der Waals surface area (Å²) < 4.78 is 1.04. The van der Waals surface area contributed by atoms with Gasteiger partial charge in [0.05, 0.1) is 5.02 Å². The van der Waals surface area contributed by atoms with Crippen molar-refractivity contribution in [2.45, 2.75) is 0 Å². The molecule has 0 spiro atoms. The Kier molecular flexibility index (Phi) is 1.73.